The highest BCUT2D eigenvalue weighted by molar-refractivity contribution is 7.91. The van der Waals surface area contributed by atoms with Crippen molar-refractivity contribution >= 4 is 15.7 Å². The Morgan fingerprint density at radius 1 is 1.30 bits per heavy atom. The van der Waals surface area contributed by atoms with Gasteiger partial charge in [0.1, 0.15) is 0 Å². The molecule has 2 aromatic rings. The molecule has 1 aromatic carbocycles. The van der Waals surface area contributed by atoms with Gasteiger partial charge in [-0.15, -0.1) is 0 Å². The number of nitrogens with zero attached hydrogens (tertiary/aromatic N) is 2. The van der Waals surface area contributed by atoms with Gasteiger partial charge in [-0.2, -0.15) is 5.10 Å². The lowest BCUT2D eigenvalue weighted by atomic mass is 10.1. The van der Waals surface area contributed by atoms with E-state index >= 15 is 0 Å². The van der Waals surface area contributed by atoms with Crippen molar-refractivity contribution in [3.05, 3.63) is 41.6 Å². The lowest BCUT2D eigenvalue weighted by molar-refractivity contribution is 0.0946. The topological polar surface area (TPSA) is 81.1 Å². The van der Waals surface area contributed by atoms with Gasteiger partial charge in [0.15, 0.2) is 15.5 Å². The second kappa shape index (κ2) is 7.84. The van der Waals surface area contributed by atoms with E-state index in [-0.39, 0.29) is 23.5 Å². The molecule has 1 amide bonds. The quantitative estimate of drug-likeness (QED) is 0.823. The van der Waals surface area contributed by atoms with Gasteiger partial charge in [0, 0.05) is 6.54 Å². The number of amides is 1. The van der Waals surface area contributed by atoms with Gasteiger partial charge < -0.3 is 5.32 Å². The second-order valence-electron chi connectivity index (χ2n) is 7.72. The molecule has 27 heavy (non-hydrogen) atoms. The second-order valence-corrected chi connectivity index (χ2v) is 9.95. The van der Waals surface area contributed by atoms with Gasteiger partial charge in [0.25, 0.3) is 5.91 Å². The monoisotopic (exact) mass is 389 g/mol. The zero-order valence-electron chi connectivity index (χ0n) is 16.1. The van der Waals surface area contributed by atoms with E-state index in [1.54, 1.807) is 10.7 Å². The maximum Gasteiger partial charge on any atom is 0.271 e. The van der Waals surface area contributed by atoms with Gasteiger partial charge in [-0.3, -0.25) is 9.48 Å². The van der Waals surface area contributed by atoms with Crippen molar-refractivity contribution in [3.8, 4) is 11.3 Å². The number of carbonyl (C=O) groups excluding carboxylic acids is 1. The minimum Gasteiger partial charge on any atom is -0.351 e. The van der Waals surface area contributed by atoms with Crippen LogP contribution in [0.1, 0.15) is 48.8 Å². The largest absolute Gasteiger partial charge is 0.351 e. The molecular formula is C20H27N3O3S. The summed E-state index contributed by atoms with van der Waals surface area (Å²) in [6.07, 6.45) is 1.43. The minimum absolute atomic E-state index is 0.0714. The fraction of sp³-hybridized carbons (Fsp3) is 0.500. The molecule has 1 saturated heterocycles. The van der Waals surface area contributed by atoms with Crippen LogP contribution in [0, 0.1) is 12.8 Å². The van der Waals surface area contributed by atoms with E-state index in [1.807, 2.05) is 31.2 Å². The first-order chi connectivity index (χ1) is 12.7. The van der Waals surface area contributed by atoms with Crippen LogP contribution in [-0.2, 0) is 9.84 Å². The molecular weight excluding hydrogens is 362 g/mol. The molecule has 0 aliphatic carbocycles. The molecule has 0 spiro atoms. The van der Waals surface area contributed by atoms with E-state index in [0.717, 1.165) is 23.2 Å². The Hall–Kier alpha value is -2.15. The van der Waals surface area contributed by atoms with E-state index in [4.69, 9.17) is 0 Å². The summed E-state index contributed by atoms with van der Waals surface area (Å²) in [4.78, 5) is 12.5. The Labute approximate surface area is 160 Å². The molecule has 1 aliphatic heterocycles. The number of carbonyl (C=O) groups is 1. The highest BCUT2D eigenvalue weighted by Gasteiger charge is 2.32. The van der Waals surface area contributed by atoms with Crippen molar-refractivity contribution in [2.75, 3.05) is 18.1 Å². The van der Waals surface area contributed by atoms with Gasteiger partial charge in [0.2, 0.25) is 0 Å². The van der Waals surface area contributed by atoms with E-state index in [2.05, 4.69) is 24.3 Å². The van der Waals surface area contributed by atoms with Crippen LogP contribution in [0.25, 0.3) is 11.3 Å². The molecule has 0 saturated carbocycles. The van der Waals surface area contributed by atoms with Crippen LogP contribution >= 0.6 is 0 Å². The average Bonchev–Trinajstić information content (AvgIpc) is 3.18. The molecule has 1 unspecified atom stereocenters. The van der Waals surface area contributed by atoms with Crippen LogP contribution in [0.15, 0.2) is 30.3 Å². The number of aromatic nitrogens is 2. The summed E-state index contributed by atoms with van der Waals surface area (Å²) in [7, 11) is -3.05. The summed E-state index contributed by atoms with van der Waals surface area (Å²) in [6, 6.07) is 9.49. The first kappa shape index (κ1) is 19.6. The summed E-state index contributed by atoms with van der Waals surface area (Å²) in [5.41, 5.74) is 3.18. The van der Waals surface area contributed by atoms with E-state index < -0.39 is 9.84 Å². The first-order valence-corrected chi connectivity index (χ1v) is 11.2. The number of rotatable bonds is 6. The van der Waals surface area contributed by atoms with Crippen LogP contribution in [-0.4, -0.2) is 42.2 Å². The molecule has 7 heteroatoms. The highest BCUT2D eigenvalue weighted by atomic mass is 32.2. The zero-order valence-corrected chi connectivity index (χ0v) is 16.9. The summed E-state index contributed by atoms with van der Waals surface area (Å²) >= 11 is 0. The standard InChI is InChI=1S/C20H27N3O3S/c1-14(2)8-10-21-20(24)18-12-19(16-6-4-15(3)5-7-16)23(22-18)17-9-11-27(25,26)13-17/h4-7,12,14,17H,8-11,13H2,1-3H3,(H,21,24). The SMILES string of the molecule is Cc1ccc(-c2cc(C(=O)NCCC(C)C)nn2C2CCS(=O)(=O)C2)cc1. The molecule has 6 nitrogen and oxygen atoms in total. The fourth-order valence-electron chi connectivity index (χ4n) is 3.26. The predicted octanol–water partition coefficient (Wildman–Crippen LogP) is 2.99. The van der Waals surface area contributed by atoms with Crippen molar-refractivity contribution < 1.29 is 13.2 Å². The van der Waals surface area contributed by atoms with Gasteiger partial charge in [-0.05, 0) is 37.3 Å². The smallest absolute Gasteiger partial charge is 0.271 e. The Bertz CT molecular complexity index is 914. The first-order valence-electron chi connectivity index (χ1n) is 9.40. The van der Waals surface area contributed by atoms with Crippen LogP contribution < -0.4 is 5.32 Å². The number of hydrogen-bond acceptors (Lipinski definition) is 4. The van der Waals surface area contributed by atoms with Crippen LogP contribution in [0.3, 0.4) is 0 Å². The summed E-state index contributed by atoms with van der Waals surface area (Å²) < 4.78 is 25.6. The van der Waals surface area contributed by atoms with Crippen molar-refractivity contribution in [1.82, 2.24) is 15.1 Å². The van der Waals surface area contributed by atoms with Gasteiger partial charge in [-0.1, -0.05) is 43.7 Å². The molecule has 0 radical (unpaired) electrons. The third-order valence-corrected chi connectivity index (χ3v) is 6.63. The fourth-order valence-corrected chi connectivity index (χ4v) is 4.95. The van der Waals surface area contributed by atoms with E-state index in [0.29, 0.717) is 24.6 Å². The van der Waals surface area contributed by atoms with E-state index in [9.17, 15) is 13.2 Å². The molecule has 1 aromatic heterocycles. The zero-order chi connectivity index (χ0) is 19.6. The summed E-state index contributed by atoms with van der Waals surface area (Å²) in [5, 5.41) is 7.40. The maximum absolute atomic E-state index is 12.5. The Morgan fingerprint density at radius 3 is 2.59 bits per heavy atom. The van der Waals surface area contributed by atoms with Gasteiger partial charge in [0.05, 0.1) is 23.2 Å². The highest BCUT2D eigenvalue weighted by Crippen LogP contribution is 2.30. The number of nitrogens with one attached hydrogen (secondary N) is 1. The lowest BCUT2D eigenvalue weighted by Gasteiger charge is -2.13. The molecule has 1 aliphatic rings. The number of hydrogen-bond donors (Lipinski definition) is 1. The molecule has 0 bridgehead atoms. The van der Waals surface area contributed by atoms with Crippen molar-refractivity contribution in [1.29, 1.82) is 0 Å². The normalized spacial score (nSPS) is 18.7. The molecule has 146 valence electrons. The van der Waals surface area contributed by atoms with Gasteiger partial charge in [-0.25, -0.2) is 8.42 Å². The van der Waals surface area contributed by atoms with Crippen LogP contribution in [0.2, 0.25) is 0 Å². The molecule has 1 fully saturated rings. The maximum atomic E-state index is 12.5. The van der Waals surface area contributed by atoms with Crippen LogP contribution in [0.4, 0.5) is 0 Å². The van der Waals surface area contributed by atoms with E-state index in [1.165, 1.54) is 0 Å². The average molecular weight is 390 g/mol. The lowest BCUT2D eigenvalue weighted by Crippen LogP contribution is -2.26. The van der Waals surface area contributed by atoms with Crippen molar-refractivity contribution in [2.24, 2.45) is 5.92 Å². The molecule has 1 N–H and O–H groups in total. The van der Waals surface area contributed by atoms with Gasteiger partial charge >= 0.3 is 0 Å². The van der Waals surface area contributed by atoms with Crippen LogP contribution in [0.5, 0.6) is 0 Å². The summed E-state index contributed by atoms with van der Waals surface area (Å²) in [6.45, 7) is 6.83. The minimum atomic E-state index is -3.05. The van der Waals surface area contributed by atoms with Crippen molar-refractivity contribution in [2.45, 2.75) is 39.7 Å². The number of benzene rings is 1. The Balaban J connectivity index is 1.91. The van der Waals surface area contributed by atoms with Crippen molar-refractivity contribution in [3.63, 3.8) is 0 Å². The molecule has 3 rings (SSSR count). The number of sulfone groups is 1. The molecule has 1 atom stereocenters. The predicted molar refractivity (Wildman–Crippen MR) is 106 cm³/mol. The summed E-state index contributed by atoms with van der Waals surface area (Å²) in [5.74, 6) is 0.529. The molecule has 2 heterocycles. The Morgan fingerprint density at radius 2 is 2.00 bits per heavy atom. The Kier molecular flexibility index (Phi) is 5.69. The third kappa shape index (κ3) is 4.77. The number of aryl methyl sites for hydroxylation is 1. The third-order valence-electron chi connectivity index (χ3n) is 4.88.